The van der Waals surface area contributed by atoms with E-state index in [-0.39, 0.29) is 17.9 Å². The first kappa shape index (κ1) is 17.4. The van der Waals surface area contributed by atoms with Gasteiger partial charge in [0.05, 0.1) is 12.6 Å². The Morgan fingerprint density at radius 3 is 2.38 bits per heavy atom. The number of aliphatic hydroxyl groups excluding tert-OH is 1. The molecule has 0 aromatic rings. The maximum Gasteiger partial charge on any atom is 0.326 e. The zero-order chi connectivity index (χ0) is 16.0. The van der Waals surface area contributed by atoms with Crippen molar-refractivity contribution in [3.05, 3.63) is 0 Å². The Hall–Kier alpha value is -1.67. The van der Waals surface area contributed by atoms with Crippen molar-refractivity contribution in [3.8, 4) is 0 Å². The lowest BCUT2D eigenvalue weighted by atomic mass is 10.0. The summed E-state index contributed by atoms with van der Waals surface area (Å²) in [6, 6.07) is -2.58. The molecule has 2 amide bonds. The van der Waals surface area contributed by atoms with Gasteiger partial charge in [-0.2, -0.15) is 0 Å². The fourth-order valence-electron chi connectivity index (χ4n) is 2.14. The molecule has 1 aliphatic heterocycles. The third kappa shape index (κ3) is 4.98. The van der Waals surface area contributed by atoms with Gasteiger partial charge < -0.3 is 26.2 Å². The number of aliphatic carboxylic acids is 1. The van der Waals surface area contributed by atoms with Crippen LogP contribution in [0, 0.1) is 5.92 Å². The predicted molar refractivity (Wildman–Crippen MR) is 74.4 cm³/mol. The van der Waals surface area contributed by atoms with Gasteiger partial charge in [-0.1, -0.05) is 13.8 Å². The molecule has 0 unspecified atom stereocenters. The monoisotopic (exact) mass is 301 g/mol. The molecule has 5 N–H and O–H groups in total. The highest BCUT2D eigenvalue weighted by Crippen LogP contribution is 2.06. The maximum absolute atomic E-state index is 12.0. The topological polar surface area (TPSA) is 128 Å². The van der Waals surface area contributed by atoms with Gasteiger partial charge in [-0.05, 0) is 25.3 Å². The van der Waals surface area contributed by atoms with Crippen molar-refractivity contribution in [2.45, 2.75) is 44.8 Å². The smallest absolute Gasteiger partial charge is 0.326 e. The van der Waals surface area contributed by atoms with Crippen molar-refractivity contribution in [2.75, 3.05) is 13.2 Å². The summed E-state index contributed by atoms with van der Waals surface area (Å²) in [5.41, 5.74) is 0. The molecule has 21 heavy (non-hydrogen) atoms. The SMILES string of the molecule is CC(C)[C@H](NC(=O)[C@H](CO)NC(=O)[C@@H]1CCCN1)C(=O)O. The molecule has 1 fully saturated rings. The van der Waals surface area contributed by atoms with Gasteiger partial charge in [-0.25, -0.2) is 4.79 Å². The largest absolute Gasteiger partial charge is 0.480 e. The van der Waals surface area contributed by atoms with Crippen LogP contribution in [-0.4, -0.2) is 59.3 Å². The van der Waals surface area contributed by atoms with E-state index >= 15 is 0 Å². The van der Waals surface area contributed by atoms with Crippen molar-refractivity contribution >= 4 is 17.8 Å². The normalized spacial score (nSPS) is 20.9. The lowest BCUT2D eigenvalue weighted by Gasteiger charge is -2.23. The van der Waals surface area contributed by atoms with Gasteiger partial charge in [-0.15, -0.1) is 0 Å². The van der Waals surface area contributed by atoms with Crippen LogP contribution >= 0.6 is 0 Å². The van der Waals surface area contributed by atoms with Crippen molar-refractivity contribution in [1.82, 2.24) is 16.0 Å². The van der Waals surface area contributed by atoms with Crippen molar-refractivity contribution in [1.29, 1.82) is 0 Å². The van der Waals surface area contributed by atoms with Crippen LogP contribution in [0.5, 0.6) is 0 Å². The number of aliphatic hydroxyl groups is 1. The van der Waals surface area contributed by atoms with Gasteiger partial charge in [0.15, 0.2) is 0 Å². The van der Waals surface area contributed by atoms with Crippen LogP contribution in [0.3, 0.4) is 0 Å². The van der Waals surface area contributed by atoms with Gasteiger partial charge in [0.1, 0.15) is 12.1 Å². The Bertz CT molecular complexity index is 393. The van der Waals surface area contributed by atoms with Crippen LogP contribution in [0.25, 0.3) is 0 Å². The summed E-state index contributed by atoms with van der Waals surface area (Å²) in [6.45, 7) is 3.47. The second-order valence-electron chi connectivity index (χ2n) is 5.46. The molecule has 120 valence electrons. The summed E-state index contributed by atoms with van der Waals surface area (Å²) in [6.07, 6.45) is 1.55. The maximum atomic E-state index is 12.0. The van der Waals surface area contributed by atoms with Gasteiger partial charge in [0.25, 0.3) is 0 Å². The number of carbonyl (C=O) groups excluding carboxylic acids is 2. The van der Waals surface area contributed by atoms with Crippen LogP contribution in [-0.2, 0) is 14.4 Å². The van der Waals surface area contributed by atoms with Crippen LogP contribution < -0.4 is 16.0 Å². The first-order valence-electron chi connectivity index (χ1n) is 7.04. The summed E-state index contributed by atoms with van der Waals surface area (Å²) < 4.78 is 0. The lowest BCUT2D eigenvalue weighted by Crippen LogP contribution is -2.56. The molecule has 0 saturated carbocycles. The summed E-state index contributed by atoms with van der Waals surface area (Å²) in [7, 11) is 0. The average molecular weight is 301 g/mol. The van der Waals surface area contributed by atoms with E-state index in [1.54, 1.807) is 13.8 Å². The number of nitrogens with one attached hydrogen (secondary N) is 3. The van der Waals surface area contributed by atoms with E-state index in [4.69, 9.17) is 5.11 Å². The van der Waals surface area contributed by atoms with Crippen LogP contribution in [0.15, 0.2) is 0 Å². The predicted octanol–water partition coefficient (Wildman–Crippen LogP) is -1.56. The fraction of sp³-hybridized carbons (Fsp3) is 0.769. The zero-order valence-electron chi connectivity index (χ0n) is 12.3. The van der Waals surface area contributed by atoms with Gasteiger partial charge >= 0.3 is 5.97 Å². The Morgan fingerprint density at radius 1 is 1.29 bits per heavy atom. The number of hydrogen-bond acceptors (Lipinski definition) is 5. The fourth-order valence-corrected chi connectivity index (χ4v) is 2.14. The van der Waals surface area contributed by atoms with Crippen LogP contribution in [0.4, 0.5) is 0 Å². The number of carboxylic acids is 1. The third-order valence-corrected chi connectivity index (χ3v) is 3.42. The molecule has 1 aliphatic rings. The first-order valence-corrected chi connectivity index (χ1v) is 7.04. The summed E-state index contributed by atoms with van der Waals surface area (Å²) in [5, 5.41) is 26.0. The van der Waals surface area contributed by atoms with E-state index in [2.05, 4.69) is 16.0 Å². The standard InChI is InChI=1S/C13H23N3O5/c1-7(2)10(13(20)21)16-12(19)9(6-17)15-11(18)8-4-3-5-14-8/h7-10,14,17H,3-6H2,1-2H3,(H,15,18)(H,16,19)(H,20,21)/t8-,9-,10-/m0/s1. The highest BCUT2D eigenvalue weighted by atomic mass is 16.4. The Balaban J connectivity index is 2.59. The summed E-state index contributed by atoms with van der Waals surface area (Å²) >= 11 is 0. The first-order chi connectivity index (χ1) is 9.86. The van der Waals surface area contributed by atoms with Crippen LogP contribution in [0.2, 0.25) is 0 Å². The highest BCUT2D eigenvalue weighted by molar-refractivity contribution is 5.92. The quantitative estimate of drug-likeness (QED) is 0.387. The minimum Gasteiger partial charge on any atom is -0.480 e. The highest BCUT2D eigenvalue weighted by Gasteiger charge is 2.30. The Kier molecular flexibility index (Phi) is 6.57. The van der Waals surface area contributed by atoms with Gasteiger partial charge in [-0.3, -0.25) is 9.59 Å². The Labute approximate surface area is 123 Å². The number of rotatable bonds is 7. The summed E-state index contributed by atoms with van der Waals surface area (Å²) in [4.78, 5) is 34.9. The second-order valence-corrected chi connectivity index (χ2v) is 5.46. The third-order valence-electron chi connectivity index (χ3n) is 3.42. The second kappa shape index (κ2) is 7.94. The molecule has 0 aromatic heterocycles. The van der Waals surface area contributed by atoms with Crippen molar-refractivity contribution in [3.63, 3.8) is 0 Å². The number of carbonyl (C=O) groups is 3. The molecule has 0 spiro atoms. The van der Waals surface area contributed by atoms with E-state index in [1.165, 1.54) is 0 Å². The molecular formula is C13H23N3O5. The van der Waals surface area contributed by atoms with Gasteiger partial charge in [0, 0.05) is 0 Å². The minimum absolute atomic E-state index is 0.307. The van der Waals surface area contributed by atoms with Crippen molar-refractivity contribution in [2.24, 2.45) is 5.92 Å². The molecule has 3 atom stereocenters. The molecule has 0 aromatic carbocycles. The molecule has 1 rings (SSSR count). The molecule has 0 radical (unpaired) electrons. The molecule has 1 heterocycles. The van der Waals surface area contributed by atoms with E-state index in [0.29, 0.717) is 6.42 Å². The zero-order valence-corrected chi connectivity index (χ0v) is 12.3. The molecular weight excluding hydrogens is 278 g/mol. The molecule has 0 bridgehead atoms. The molecule has 1 saturated heterocycles. The van der Waals surface area contributed by atoms with E-state index in [1.807, 2.05) is 0 Å². The minimum atomic E-state index is -1.15. The number of amides is 2. The Morgan fingerprint density at radius 2 is 1.95 bits per heavy atom. The van der Waals surface area contributed by atoms with Gasteiger partial charge in [0.2, 0.25) is 11.8 Å². The van der Waals surface area contributed by atoms with E-state index in [0.717, 1.165) is 13.0 Å². The van der Waals surface area contributed by atoms with Crippen molar-refractivity contribution < 1.29 is 24.6 Å². The molecule has 0 aliphatic carbocycles. The van der Waals surface area contributed by atoms with Crippen LogP contribution in [0.1, 0.15) is 26.7 Å². The van der Waals surface area contributed by atoms with E-state index in [9.17, 15) is 19.5 Å². The molecule has 8 heteroatoms. The molecule has 8 nitrogen and oxygen atoms in total. The van der Waals surface area contributed by atoms with E-state index < -0.39 is 30.6 Å². The summed E-state index contributed by atoms with van der Waals surface area (Å²) in [5.74, 6) is -2.53. The average Bonchev–Trinajstić information content (AvgIpc) is 2.94. The lowest BCUT2D eigenvalue weighted by molar-refractivity contribution is -0.143. The number of hydrogen-bond donors (Lipinski definition) is 5. The number of carboxylic acid groups (broad SMARTS) is 1.